The number of amides is 1. The van der Waals surface area contributed by atoms with Gasteiger partial charge in [0.05, 0.1) is 10.5 Å². The SMILES string of the molecule is COC(C)(C)CC(C)NC(=O)c1ccc(O)c([N+](=O)[O-])c1. The summed E-state index contributed by atoms with van der Waals surface area (Å²) < 4.78 is 5.29. The Morgan fingerprint density at radius 1 is 1.52 bits per heavy atom. The summed E-state index contributed by atoms with van der Waals surface area (Å²) in [6.07, 6.45) is 0.593. The molecule has 0 heterocycles. The summed E-state index contributed by atoms with van der Waals surface area (Å²) in [6, 6.07) is 3.36. The van der Waals surface area contributed by atoms with E-state index in [0.717, 1.165) is 12.1 Å². The fraction of sp³-hybridized carbons (Fsp3) is 0.500. The zero-order valence-electron chi connectivity index (χ0n) is 12.5. The number of methoxy groups -OCH3 is 1. The van der Waals surface area contributed by atoms with Gasteiger partial charge in [-0.15, -0.1) is 0 Å². The summed E-state index contributed by atoms with van der Waals surface area (Å²) in [4.78, 5) is 22.1. The summed E-state index contributed by atoms with van der Waals surface area (Å²) in [5, 5.41) is 22.9. The molecule has 116 valence electrons. The van der Waals surface area contributed by atoms with E-state index in [2.05, 4.69) is 5.32 Å². The van der Waals surface area contributed by atoms with Crippen LogP contribution in [0.1, 0.15) is 37.6 Å². The molecule has 0 aliphatic heterocycles. The lowest BCUT2D eigenvalue weighted by atomic mass is 9.99. The third kappa shape index (κ3) is 4.71. The minimum absolute atomic E-state index is 0.126. The van der Waals surface area contributed by atoms with Crippen LogP contribution in [0.4, 0.5) is 5.69 Å². The number of nitro groups is 1. The summed E-state index contributed by atoms with van der Waals surface area (Å²) in [5.74, 6) is -0.900. The van der Waals surface area contributed by atoms with E-state index in [1.54, 1.807) is 7.11 Å². The minimum atomic E-state index is -0.733. The van der Waals surface area contributed by atoms with Crippen LogP contribution in [0.5, 0.6) is 5.75 Å². The molecule has 0 spiro atoms. The van der Waals surface area contributed by atoms with Gasteiger partial charge in [0.1, 0.15) is 0 Å². The molecule has 0 aromatic heterocycles. The molecule has 0 bridgehead atoms. The van der Waals surface area contributed by atoms with Crippen LogP contribution >= 0.6 is 0 Å². The average molecular weight is 296 g/mol. The van der Waals surface area contributed by atoms with Gasteiger partial charge in [0.15, 0.2) is 5.75 Å². The third-order valence-corrected chi connectivity index (χ3v) is 3.16. The Kier molecular flexibility index (Phi) is 5.26. The first kappa shape index (κ1) is 16.9. The molecule has 1 aromatic rings. The maximum atomic E-state index is 12.1. The van der Waals surface area contributed by atoms with Crippen molar-refractivity contribution in [2.75, 3.05) is 7.11 Å². The van der Waals surface area contributed by atoms with Crippen molar-refractivity contribution < 1.29 is 19.6 Å². The van der Waals surface area contributed by atoms with Crippen LogP contribution in [0.3, 0.4) is 0 Å². The van der Waals surface area contributed by atoms with E-state index in [-0.39, 0.29) is 17.2 Å². The molecule has 7 heteroatoms. The highest BCUT2D eigenvalue weighted by atomic mass is 16.6. The first-order valence-electron chi connectivity index (χ1n) is 6.49. The second-order valence-corrected chi connectivity index (χ2v) is 5.50. The van der Waals surface area contributed by atoms with Crippen molar-refractivity contribution in [3.8, 4) is 5.75 Å². The molecule has 1 rings (SSSR count). The molecule has 1 aromatic carbocycles. The quantitative estimate of drug-likeness (QED) is 0.619. The highest BCUT2D eigenvalue weighted by molar-refractivity contribution is 5.95. The Balaban J connectivity index is 2.81. The number of carbonyl (C=O) groups excluding carboxylic acids is 1. The standard InChI is InChI=1S/C14H20N2O5/c1-9(8-14(2,3)21-4)15-13(18)10-5-6-12(17)11(7-10)16(19)20/h5-7,9,17H,8H2,1-4H3,(H,15,18). The van der Waals surface area contributed by atoms with Crippen molar-refractivity contribution in [2.24, 2.45) is 0 Å². The highest BCUT2D eigenvalue weighted by Crippen LogP contribution is 2.26. The van der Waals surface area contributed by atoms with Gasteiger partial charge in [-0.25, -0.2) is 0 Å². The molecule has 1 atom stereocenters. The number of hydrogen-bond acceptors (Lipinski definition) is 5. The van der Waals surface area contributed by atoms with Crippen molar-refractivity contribution >= 4 is 11.6 Å². The van der Waals surface area contributed by atoms with Gasteiger partial charge in [-0.1, -0.05) is 0 Å². The predicted molar refractivity (Wildman–Crippen MR) is 77.4 cm³/mol. The lowest BCUT2D eigenvalue weighted by molar-refractivity contribution is -0.385. The molecule has 7 nitrogen and oxygen atoms in total. The van der Waals surface area contributed by atoms with E-state index in [0.29, 0.717) is 6.42 Å². The number of aromatic hydroxyl groups is 1. The number of carbonyl (C=O) groups is 1. The van der Waals surface area contributed by atoms with Gasteiger partial charge in [0, 0.05) is 24.8 Å². The number of rotatable bonds is 6. The number of hydrogen-bond donors (Lipinski definition) is 2. The van der Waals surface area contributed by atoms with E-state index in [9.17, 15) is 20.0 Å². The normalized spacial score (nSPS) is 12.8. The van der Waals surface area contributed by atoms with Gasteiger partial charge >= 0.3 is 5.69 Å². The van der Waals surface area contributed by atoms with Crippen LogP contribution in [0.25, 0.3) is 0 Å². The Morgan fingerprint density at radius 3 is 2.67 bits per heavy atom. The molecule has 2 N–H and O–H groups in total. The predicted octanol–water partition coefficient (Wildman–Crippen LogP) is 2.23. The van der Waals surface area contributed by atoms with Crippen LogP contribution in [0, 0.1) is 10.1 Å². The van der Waals surface area contributed by atoms with Crippen LogP contribution in [0.2, 0.25) is 0 Å². The number of nitrogens with one attached hydrogen (secondary N) is 1. The molecular weight excluding hydrogens is 276 g/mol. The minimum Gasteiger partial charge on any atom is -0.502 e. The number of benzene rings is 1. The smallest absolute Gasteiger partial charge is 0.311 e. The van der Waals surface area contributed by atoms with Gasteiger partial charge in [-0.3, -0.25) is 14.9 Å². The lowest BCUT2D eigenvalue weighted by Gasteiger charge is -2.27. The average Bonchev–Trinajstić information content (AvgIpc) is 2.37. The summed E-state index contributed by atoms with van der Waals surface area (Å²) >= 11 is 0. The molecule has 0 fully saturated rings. The van der Waals surface area contributed by atoms with E-state index in [1.807, 2.05) is 20.8 Å². The number of phenolic OH excluding ortho intramolecular Hbond substituents is 1. The van der Waals surface area contributed by atoms with E-state index < -0.39 is 22.3 Å². The molecule has 0 radical (unpaired) electrons. The van der Waals surface area contributed by atoms with Gasteiger partial charge in [0.25, 0.3) is 5.91 Å². The second-order valence-electron chi connectivity index (χ2n) is 5.50. The highest BCUT2D eigenvalue weighted by Gasteiger charge is 2.22. The summed E-state index contributed by atoms with van der Waals surface area (Å²) in [7, 11) is 1.60. The molecular formula is C14H20N2O5. The molecule has 21 heavy (non-hydrogen) atoms. The van der Waals surface area contributed by atoms with Gasteiger partial charge < -0.3 is 15.2 Å². The zero-order valence-corrected chi connectivity index (χ0v) is 12.5. The fourth-order valence-electron chi connectivity index (χ4n) is 1.99. The Hall–Kier alpha value is -2.15. The first-order valence-corrected chi connectivity index (χ1v) is 6.49. The van der Waals surface area contributed by atoms with Crippen LogP contribution in [0.15, 0.2) is 18.2 Å². The maximum Gasteiger partial charge on any atom is 0.311 e. The molecule has 1 amide bonds. The van der Waals surface area contributed by atoms with E-state index in [1.165, 1.54) is 6.07 Å². The Labute approximate surface area is 123 Å². The van der Waals surface area contributed by atoms with Gasteiger partial charge in [0.2, 0.25) is 0 Å². The Bertz CT molecular complexity index is 542. The van der Waals surface area contributed by atoms with Crippen LogP contribution in [-0.4, -0.2) is 34.7 Å². The zero-order chi connectivity index (χ0) is 16.2. The molecule has 0 saturated carbocycles. The Morgan fingerprint density at radius 2 is 2.14 bits per heavy atom. The van der Waals surface area contributed by atoms with Crippen molar-refractivity contribution in [3.05, 3.63) is 33.9 Å². The molecule has 0 aliphatic carbocycles. The number of phenols is 1. The van der Waals surface area contributed by atoms with Gasteiger partial charge in [-0.2, -0.15) is 0 Å². The first-order chi connectivity index (χ1) is 9.66. The van der Waals surface area contributed by atoms with Crippen LogP contribution < -0.4 is 5.32 Å². The van der Waals surface area contributed by atoms with Crippen molar-refractivity contribution in [1.29, 1.82) is 0 Å². The van der Waals surface area contributed by atoms with Crippen LogP contribution in [-0.2, 0) is 4.74 Å². The topological polar surface area (TPSA) is 102 Å². The summed E-state index contributed by atoms with van der Waals surface area (Å²) in [6.45, 7) is 5.63. The largest absolute Gasteiger partial charge is 0.502 e. The fourth-order valence-corrected chi connectivity index (χ4v) is 1.99. The monoisotopic (exact) mass is 296 g/mol. The second kappa shape index (κ2) is 6.53. The third-order valence-electron chi connectivity index (χ3n) is 3.16. The molecule has 0 aliphatic rings. The maximum absolute atomic E-state index is 12.1. The molecule has 1 unspecified atom stereocenters. The van der Waals surface area contributed by atoms with Crippen molar-refractivity contribution in [3.63, 3.8) is 0 Å². The lowest BCUT2D eigenvalue weighted by Crippen LogP contribution is -2.38. The van der Waals surface area contributed by atoms with E-state index in [4.69, 9.17) is 4.74 Å². The number of nitrogens with zero attached hydrogens (tertiary/aromatic N) is 1. The number of nitro benzene ring substituents is 1. The van der Waals surface area contributed by atoms with Crippen molar-refractivity contribution in [1.82, 2.24) is 5.32 Å². The number of ether oxygens (including phenoxy) is 1. The molecule has 0 saturated heterocycles. The van der Waals surface area contributed by atoms with E-state index >= 15 is 0 Å². The van der Waals surface area contributed by atoms with Crippen molar-refractivity contribution in [2.45, 2.75) is 38.8 Å². The summed E-state index contributed by atoms with van der Waals surface area (Å²) in [5.41, 5.74) is -0.748. The van der Waals surface area contributed by atoms with Gasteiger partial charge in [-0.05, 0) is 39.3 Å².